The molecular weight excluding hydrogens is 366 g/mol. The van der Waals surface area contributed by atoms with E-state index in [1.807, 2.05) is 67.7 Å². The van der Waals surface area contributed by atoms with Crippen LogP contribution in [0.5, 0.6) is 11.5 Å². The largest absolute Gasteiger partial charge is 0.493 e. The monoisotopic (exact) mass is 393 g/mol. The van der Waals surface area contributed by atoms with E-state index < -0.39 is 0 Å². The Kier molecular flexibility index (Phi) is 6.95. The summed E-state index contributed by atoms with van der Waals surface area (Å²) in [6.45, 7) is 0.641. The van der Waals surface area contributed by atoms with Crippen molar-refractivity contribution >= 4 is 5.91 Å². The summed E-state index contributed by atoms with van der Waals surface area (Å²) < 4.78 is 16.5. The second-order valence-electron chi connectivity index (χ2n) is 6.89. The second kappa shape index (κ2) is 9.82. The molecule has 1 amide bonds. The maximum Gasteiger partial charge on any atom is 0.222 e. The molecule has 152 valence electrons. The average molecular weight is 393 g/mol. The molecule has 0 aliphatic carbocycles. The molecular formula is C24H27NO4. The number of carbonyl (C=O) groups excluding carboxylic acids is 1. The summed E-state index contributed by atoms with van der Waals surface area (Å²) in [6.07, 6.45) is 1.76. The lowest BCUT2D eigenvalue weighted by molar-refractivity contribution is -0.129. The zero-order chi connectivity index (χ0) is 20.6. The Balaban J connectivity index is 1.49. The van der Waals surface area contributed by atoms with Crippen molar-refractivity contribution in [1.29, 1.82) is 0 Å². The minimum absolute atomic E-state index is 0.100. The molecule has 0 unspecified atom stereocenters. The molecule has 0 aliphatic rings. The van der Waals surface area contributed by atoms with Gasteiger partial charge in [-0.15, -0.1) is 0 Å². The fourth-order valence-corrected chi connectivity index (χ4v) is 3.15. The number of carbonyl (C=O) groups is 1. The topological polar surface area (TPSA) is 51.9 Å². The fourth-order valence-electron chi connectivity index (χ4n) is 3.15. The number of nitrogens with zero attached hydrogens (tertiary/aromatic N) is 1. The van der Waals surface area contributed by atoms with E-state index in [0.717, 1.165) is 29.1 Å². The van der Waals surface area contributed by atoms with E-state index in [2.05, 4.69) is 0 Å². The van der Waals surface area contributed by atoms with Crippen molar-refractivity contribution in [3.8, 4) is 22.8 Å². The van der Waals surface area contributed by atoms with Crippen LogP contribution in [0.25, 0.3) is 11.3 Å². The molecule has 1 aromatic heterocycles. The van der Waals surface area contributed by atoms with Gasteiger partial charge in [0.05, 0.1) is 14.2 Å². The maximum absolute atomic E-state index is 12.5. The SMILES string of the molecule is COc1ccc(CCN(C)C(=O)CCc2ccc(-c3ccccc3)o2)cc1OC. The van der Waals surface area contributed by atoms with E-state index in [-0.39, 0.29) is 5.91 Å². The van der Waals surface area contributed by atoms with Crippen molar-refractivity contribution in [2.45, 2.75) is 19.3 Å². The molecule has 1 heterocycles. The molecule has 0 atom stereocenters. The summed E-state index contributed by atoms with van der Waals surface area (Å²) in [6, 6.07) is 19.7. The van der Waals surface area contributed by atoms with Crippen LogP contribution in [-0.2, 0) is 17.6 Å². The summed E-state index contributed by atoms with van der Waals surface area (Å²) in [5.41, 5.74) is 2.14. The first-order chi connectivity index (χ1) is 14.1. The lowest BCUT2D eigenvalue weighted by Crippen LogP contribution is -2.29. The van der Waals surface area contributed by atoms with Crippen LogP contribution in [-0.4, -0.2) is 38.6 Å². The predicted octanol–water partition coefficient (Wildman–Crippen LogP) is 4.60. The van der Waals surface area contributed by atoms with Crippen LogP contribution < -0.4 is 9.47 Å². The van der Waals surface area contributed by atoms with Gasteiger partial charge in [0.1, 0.15) is 11.5 Å². The van der Waals surface area contributed by atoms with Crippen molar-refractivity contribution in [1.82, 2.24) is 4.90 Å². The molecule has 29 heavy (non-hydrogen) atoms. The van der Waals surface area contributed by atoms with Crippen molar-refractivity contribution in [3.05, 3.63) is 72.0 Å². The van der Waals surface area contributed by atoms with Crippen molar-refractivity contribution < 1.29 is 18.7 Å². The number of methoxy groups -OCH3 is 2. The Morgan fingerprint density at radius 1 is 0.931 bits per heavy atom. The number of ether oxygens (including phenoxy) is 2. The summed E-state index contributed by atoms with van der Waals surface area (Å²) >= 11 is 0. The molecule has 2 aromatic carbocycles. The van der Waals surface area contributed by atoms with E-state index in [0.29, 0.717) is 30.9 Å². The standard InChI is InChI=1S/C24H27NO4/c1-25(16-15-18-9-12-22(27-2)23(17-18)28-3)24(26)14-11-20-10-13-21(29-20)19-7-5-4-6-8-19/h4-10,12-13,17H,11,14-16H2,1-3H3. The van der Waals surface area contributed by atoms with Crippen LogP contribution in [0.3, 0.4) is 0 Å². The molecule has 0 saturated heterocycles. The molecule has 0 N–H and O–H groups in total. The van der Waals surface area contributed by atoms with Gasteiger partial charge in [0.25, 0.3) is 0 Å². The third kappa shape index (κ3) is 5.41. The zero-order valence-corrected chi connectivity index (χ0v) is 17.2. The molecule has 5 nitrogen and oxygen atoms in total. The minimum atomic E-state index is 0.100. The Labute approximate surface area is 171 Å². The summed E-state index contributed by atoms with van der Waals surface area (Å²) in [5, 5.41) is 0. The predicted molar refractivity (Wildman–Crippen MR) is 113 cm³/mol. The van der Waals surface area contributed by atoms with Gasteiger partial charge < -0.3 is 18.8 Å². The lowest BCUT2D eigenvalue weighted by atomic mass is 10.1. The molecule has 5 heteroatoms. The molecule has 0 saturated carbocycles. The first kappa shape index (κ1) is 20.5. The molecule has 3 aromatic rings. The van der Waals surface area contributed by atoms with Gasteiger partial charge in [0.15, 0.2) is 11.5 Å². The number of aryl methyl sites for hydroxylation is 1. The Morgan fingerprint density at radius 2 is 1.69 bits per heavy atom. The third-order valence-electron chi connectivity index (χ3n) is 4.91. The lowest BCUT2D eigenvalue weighted by Gasteiger charge is -2.17. The van der Waals surface area contributed by atoms with Gasteiger partial charge in [-0.05, 0) is 36.2 Å². The first-order valence-electron chi connectivity index (χ1n) is 9.69. The Hall–Kier alpha value is -3.21. The number of hydrogen-bond donors (Lipinski definition) is 0. The Bertz CT molecular complexity index is 933. The fraction of sp³-hybridized carbons (Fsp3) is 0.292. The van der Waals surface area contributed by atoms with Crippen LogP contribution >= 0.6 is 0 Å². The van der Waals surface area contributed by atoms with Gasteiger partial charge >= 0.3 is 0 Å². The van der Waals surface area contributed by atoms with E-state index in [9.17, 15) is 4.79 Å². The van der Waals surface area contributed by atoms with E-state index in [1.165, 1.54) is 0 Å². The number of amides is 1. The normalized spacial score (nSPS) is 10.6. The van der Waals surface area contributed by atoms with Crippen molar-refractivity contribution in [2.75, 3.05) is 27.8 Å². The van der Waals surface area contributed by atoms with Crippen LogP contribution in [0.1, 0.15) is 17.7 Å². The molecule has 0 radical (unpaired) electrons. The third-order valence-corrected chi connectivity index (χ3v) is 4.91. The molecule has 0 bridgehead atoms. The van der Waals surface area contributed by atoms with Crippen LogP contribution in [0.15, 0.2) is 65.1 Å². The average Bonchev–Trinajstić information content (AvgIpc) is 3.25. The van der Waals surface area contributed by atoms with Crippen LogP contribution in [0.4, 0.5) is 0 Å². The van der Waals surface area contributed by atoms with E-state index in [4.69, 9.17) is 13.9 Å². The van der Waals surface area contributed by atoms with Gasteiger partial charge in [0.2, 0.25) is 5.91 Å². The smallest absolute Gasteiger partial charge is 0.222 e. The second-order valence-corrected chi connectivity index (χ2v) is 6.89. The van der Waals surface area contributed by atoms with Crippen LogP contribution in [0, 0.1) is 0 Å². The van der Waals surface area contributed by atoms with Gasteiger partial charge in [-0.25, -0.2) is 0 Å². The Morgan fingerprint density at radius 3 is 2.41 bits per heavy atom. The highest BCUT2D eigenvalue weighted by Crippen LogP contribution is 2.27. The summed E-state index contributed by atoms with van der Waals surface area (Å²) in [5.74, 6) is 3.16. The molecule has 0 fully saturated rings. The zero-order valence-electron chi connectivity index (χ0n) is 17.2. The van der Waals surface area contributed by atoms with Gasteiger partial charge in [-0.3, -0.25) is 4.79 Å². The first-order valence-corrected chi connectivity index (χ1v) is 9.69. The quantitative estimate of drug-likeness (QED) is 0.533. The van der Waals surface area contributed by atoms with E-state index in [1.54, 1.807) is 19.1 Å². The number of likely N-dealkylation sites (N-methyl/N-ethyl adjacent to an activating group) is 1. The number of rotatable bonds is 9. The summed E-state index contributed by atoms with van der Waals surface area (Å²) in [4.78, 5) is 14.2. The van der Waals surface area contributed by atoms with Gasteiger partial charge in [-0.2, -0.15) is 0 Å². The highest BCUT2D eigenvalue weighted by molar-refractivity contribution is 5.76. The highest BCUT2D eigenvalue weighted by Gasteiger charge is 2.12. The molecule has 0 spiro atoms. The van der Waals surface area contributed by atoms with Gasteiger partial charge in [0, 0.05) is 32.0 Å². The number of benzene rings is 2. The van der Waals surface area contributed by atoms with Crippen molar-refractivity contribution in [3.63, 3.8) is 0 Å². The maximum atomic E-state index is 12.5. The van der Waals surface area contributed by atoms with Gasteiger partial charge in [-0.1, -0.05) is 36.4 Å². The van der Waals surface area contributed by atoms with E-state index >= 15 is 0 Å². The summed E-state index contributed by atoms with van der Waals surface area (Å²) in [7, 11) is 5.07. The minimum Gasteiger partial charge on any atom is -0.493 e. The molecule has 3 rings (SSSR count). The van der Waals surface area contributed by atoms with Crippen molar-refractivity contribution in [2.24, 2.45) is 0 Å². The number of hydrogen-bond acceptors (Lipinski definition) is 4. The highest BCUT2D eigenvalue weighted by atomic mass is 16.5. The molecule has 0 aliphatic heterocycles. The number of furan rings is 1. The van der Waals surface area contributed by atoms with Crippen LogP contribution in [0.2, 0.25) is 0 Å².